The lowest BCUT2D eigenvalue weighted by atomic mass is 10.1. The lowest BCUT2D eigenvalue weighted by Crippen LogP contribution is -2.21. The Morgan fingerprint density at radius 2 is 2.24 bits per heavy atom. The molecule has 0 aliphatic heterocycles. The van der Waals surface area contributed by atoms with Crippen LogP contribution in [0.5, 0.6) is 5.75 Å². The molecule has 0 radical (unpaired) electrons. The Morgan fingerprint density at radius 3 is 2.94 bits per heavy atom. The van der Waals surface area contributed by atoms with Crippen molar-refractivity contribution < 1.29 is 4.74 Å². The van der Waals surface area contributed by atoms with Gasteiger partial charge in [0, 0.05) is 11.8 Å². The molecule has 92 valence electrons. The molecule has 4 heteroatoms. The van der Waals surface area contributed by atoms with Crippen molar-refractivity contribution in [2.75, 3.05) is 12.4 Å². The Balaban J connectivity index is 2.20. The molecule has 17 heavy (non-hydrogen) atoms. The molecule has 0 heterocycles. The number of rotatable bonds is 7. The van der Waals surface area contributed by atoms with Gasteiger partial charge < -0.3 is 10.5 Å². The standard InChI is InChI=1S/C13H18N2OS/c14-9-11-4-3-6-13(8-11)16-7-2-1-5-12(15)10-17/h3-4,6,8,12,17H,1-2,5,7,10,15H2. The fourth-order valence-corrected chi connectivity index (χ4v) is 1.63. The summed E-state index contributed by atoms with van der Waals surface area (Å²) in [6, 6.07) is 9.46. The van der Waals surface area contributed by atoms with Crippen LogP contribution in [0.3, 0.4) is 0 Å². The number of thiol groups is 1. The first kappa shape index (κ1) is 13.9. The van der Waals surface area contributed by atoms with Crippen LogP contribution in [-0.4, -0.2) is 18.4 Å². The number of hydrogen-bond acceptors (Lipinski definition) is 4. The van der Waals surface area contributed by atoms with Gasteiger partial charge >= 0.3 is 0 Å². The molecule has 0 aliphatic carbocycles. The second-order valence-electron chi connectivity index (χ2n) is 3.93. The van der Waals surface area contributed by atoms with E-state index in [1.165, 1.54) is 0 Å². The smallest absolute Gasteiger partial charge is 0.120 e. The van der Waals surface area contributed by atoms with E-state index in [0.717, 1.165) is 30.8 Å². The van der Waals surface area contributed by atoms with Crippen molar-refractivity contribution >= 4 is 12.6 Å². The second kappa shape index (κ2) is 7.99. The van der Waals surface area contributed by atoms with Crippen molar-refractivity contribution in [3.05, 3.63) is 29.8 Å². The summed E-state index contributed by atoms with van der Waals surface area (Å²) >= 11 is 4.13. The Bertz CT molecular complexity index is 376. The molecule has 1 aromatic carbocycles. The fraction of sp³-hybridized carbons (Fsp3) is 0.462. The quantitative estimate of drug-likeness (QED) is 0.577. The first-order chi connectivity index (χ1) is 8.26. The summed E-state index contributed by atoms with van der Waals surface area (Å²) in [5.41, 5.74) is 6.38. The summed E-state index contributed by atoms with van der Waals surface area (Å²) in [7, 11) is 0. The highest BCUT2D eigenvalue weighted by Gasteiger charge is 2.00. The minimum atomic E-state index is 0.181. The van der Waals surface area contributed by atoms with Crippen LogP contribution in [0.1, 0.15) is 24.8 Å². The zero-order chi connectivity index (χ0) is 12.5. The maximum atomic E-state index is 8.73. The molecular formula is C13H18N2OS. The number of nitrogens with zero attached hydrogens (tertiary/aromatic N) is 1. The third-order valence-electron chi connectivity index (χ3n) is 2.44. The first-order valence-electron chi connectivity index (χ1n) is 5.75. The van der Waals surface area contributed by atoms with Gasteiger partial charge in [-0.15, -0.1) is 0 Å². The Labute approximate surface area is 108 Å². The minimum absolute atomic E-state index is 0.181. The minimum Gasteiger partial charge on any atom is -0.494 e. The van der Waals surface area contributed by atoms with Gasteiger partial charge in [0.15, 0.2) is 0 Å². The van der Waals surface area contributed by atoms with Gasteiger partial charge in [-0.3, -0.25) is 0 Å². The third kappa shape index (κ3) is 5.62. The predicted molar refractivity (Wildman–Crippen MR) is 72.3 cm³/mol. The van der Waals surface area contributed by atoms with Crippen molar-refractivity contribution in [3.63, 3.8) is 0 Å². The van der Waals surface area contributed by atoms with Gasteiger partial charge in [-0.05, 0) is 37.5 Å². The zero-order valence-electron chi connectivity index (χ0n) is 9.80. The number of nitrogens with two attached hydrogens (primary N) is 1. The van der Waals surface area contributed by atoms with Gasteiger partial charge in [0.25, 0.3) is 0 Å². The maximum absolute atomic E-state index is 8.73. The molecule has 1 aromatic rings. The van der Waals surface area contributed by atoms with Gasteiger partial charge in [0.1, 0.15) is 5.75 Å². The van der Waals surface area contributed by atoms with Gasteiger partial charge in [-0.2, -0.15) is 17.9 Å². The molecule has 3 nitrogen and oxygen atoms in total. The summed E-state index contributed by atoms with van der Waals surface area (Å²) in [4.78, 5) is 0. The monoisotopic (exact) mass is 250 g/mol. The summed E-state index contributed by atoms with van der Waals surface area (Å²) in [5.74, 6) is 1.48. The van der Waals surface area contributed by atoms with Gasteiger partial charge in [-0.25, -0.2) is 0 Å². The van der Waals surface area contributed by atoms with E-state index < -0.39 is 0 Å². The van der Waals surface area contributed by atoms with E-state index in [2.05, 4.69) is 18.7 Å². The van der Waals surface area contributed by atoms with Crippen molar-refractivity contribution in [3.8, 4) is 11.8 Å². The van der Waals surface area contributed by atoms with Gasteiger partial charge in [-0.1, -0.05) is 6.07 Å². The number of nitriles is 1. The number of unbranched alkanes of at least 4 members (excludes halogenated alkanes) is 1. The van der Waals surface area contributed by atoms with E-state index in [1.807, 2.05) is 12.1 Å². The van der Waals surface area contributed by atoms with Crippen LogP contribution in [0, 0.1) is 11.3 Å². The number of benzene rings is 1. The Morgan fingerprint density at radius 1 is 1.41 bits per heavy atom. The fourth-order valence-electron chi connectivity index (χ4n) is 1.45. The molecular weight excluding hydrogens is 232 g/mol. The molecule has 1 atom stereocenters. The summed E-state index contributed by atoms with van der Waals surface area (Å²) in [5, 5.41) is 8.73. The van der Waals surface area contributed by atoms with Crippen LogP contribution in [0.2, 0.25) is 0 Å². The SMILES string of the molecule is N#Cc1cccc(OCCCCC(N)CS)c1. The highest BCUT2D eigenvalue weighted by atomic mass is 32.1. The summed E-state index contributed by atoms with van der Waals surface area (Å²) < 4.78 is 5.55. The molecule has 1 unspecified atom stereocenters. The Kier molecular flexibility index (Phi) is 6.53. The lowest BCUT2D eigenvalue weighted by molar-refractivity contribution is 0.304. The molecule has 0 bridgehead atoms. The molecule has 2 N–H and O–H groups in total. The van der Waals surface area contributed by atoms with Gasteiger partial charge in [0.05, 0.1) is 18.2 Å². The average molecular weight is 250 g/mol. The van der Waals surface area contributed by atoms with E-state index in [1.54, 1.807) is 12.1 Å². The molecule has 0 fully saturated rings. The highest BCUT2D eigenvalue weighted by Crippen LogP contribution is 2.13. The number of hydrogen-bond donors (Lipinski definition) is 2. The topological polar surface area (TPSA) is 59.0 Å². The predicted octanol–water partition coefficient (Wildman–Crippen LogP) is 2.36. The lowest BCUT2D eigenvalue weighted by Gasteiger charge is -2.08. The Hall–Kier alpha value is -1.18. The van der Waals surface area contributed by atoms with E-state index in [0.29, 0.717) is 12.2 Å². The average Bonchev–Trinajstić information content (AvgIpc) is 2.38. The molecule has 0 aromatic heterocycles. The van der Waals surface area contributed by atoms with E-state index in [-0.39, 0.29) is 6.04 Å². The second-order valence-corrected chi connectivity index (χ2v) is 4.29. The van der Waals surface area contributed by atoms with Crippen LogP contribution >= 0.6 is 12.6 Å². The molecule has 1 rings (SSSR count). The molecule has 0 saturated carbocycles. The first-order valence-corrected chi connectivity index (χ1v) is 6.39. The zero-order valence-corrected chi connectivity index (χ0v) is 10.7. The van der Waals surface area contributed by atoms with E-state index in [4.69, 9.17) is 15.7 Å². The van der Waals surface area contributed by atoms with Gasteiger partial charge in [0.2, 0.25) is 0 Å². The van der Waals surface area contributed by atoms with Crippen LogP contribution in [0.15, 0.2) is 24.3 Å². The summed E-state index contributed by atoms with van der Waals surface area (Å²) in [6.07, 6.45) is 2.99. The number of ether oxygens (including phenoxy) is 1. The molecule has 0 spiro atoms. The van der Waals surface area contributed by atoms with Crippen LogP contribution in [0.25, 0.3) is 0 Å². The third-order valence-corrected chi connectivity index (χ3v) is 2.90. The maximum Gasteiger partial charge on any atom is 0.120 e. The molecule has 0 aliphatic rings. The van der Waals surface area contributed by atoms with Crippen molar-refractivity contribution in [1.29, 1.82) is 5.26 Å². The van der Waals surface area contributed by atoms with Crippen LogP contribution < -0.4 is 10.5 Å². The van der Waals surface area contributed by atoms with E-state index in [9.17, 15) is 0 Å². The van der Waals surface area contributed by atoms with E-state index >= 15 is 0 Å². The summed E-state index contributed by atoms with van der Waals surface area (Å²) in [6.45, 7) is 0.661. The molecule has 0 amide bonds. The molecule has 0 saturated heterocycles. The van der Waals surface area contributed by atoms with Crippen molar-refractivity contribution in [2.45, 2.75) is 25.3 Å². The van der Waals surface area contributed by atoms with Crippen molar-refractivity contribution in [2.24, 2.45) is 5.73 Å². The van der Waals surface area contributed by atoms with Crippen LogP contribution in [0.4, 0.5) is 0 Å². The largest absolute Gasteiger partial charge is 0.494 e. The highest BCUT2D eigenvalue weighted by molar-refractivity contribution is 7.80. The van der Waals surface area contributed by atoms with Crippen molar-refractivity contribution in [1.82, 2.24) is 0 Å². The van der Waals surface area contributed by atoms with Crippen LogP contribution in [-0.2, 0) is 0 Å². The normalized spacial score (nSPS) is 11.8.